The van der Waals surface area contributed by atoms with Crippen LogP contribution in [0, 0.1) is 0 Å². The molecule has 1 heterocycles. The Morgan fingerprint density at radius 2 is 1.95 bits per heavy atom. The van der Waals surface area contributed by atoms with Crippen molar-refractivity contribution in [3.63, 3.8) is 0 Å². The molecule has 22 heavy (non-hydrogen) atoms. The van der Waals surface area contributed by atoms with E-state index in [4.69, 9.17) is 4.74 Å². The summed E-state index contributed by atoms with van der Waals surface area (Å²) in [5, 5.41) is 0. The van der Waals surface area contributed by atoms with Crippen LogP contribution in [0.5, 0.6) is 0 Å². The van der Waals surface area contributed by atoms with E-state index in [1.165, 1.54) is 0 Å². The number of carbonyl (C=O) groups is 2. The molecule has 1 amide bonds. The summed E-state index contributed by atoms with van der Waals surface area (Å²) in [4.78, 5) is 25.8. The number of esters is 1. The number of amides is 1. The summed E-state index contributed by atoms with van der Waals surface area (Å²) >= 11 is 0. The van der Waals surface area contributed by atoms with Crippen LogP contribution >= 0.6 is 0 Å². The maximum absolute atomic E-state index is 12.1. The van der Waals surface area contributed by atoms with Crippen LogP contribution in [0.1, 0.15) is 52.0 Å². The van der Waals surface area contributed by atoms with Gasteiger partial charge in [-0.25, -0.2) is 0 Å². The predicted molar refractivity (Wildman–Crippen MR) is 85.1 cm³/mol. The summed E-state index contributed by atoms with van der Waals surface area (Å²) in [6, 6.07) is 10.1. The lowest BCUT2D eigenvalue weighted by Gasteiger charge is -2.25. The summed E-state index contributed by atoms with van der Waals surface area (Å²) in [6.07, 6.45) is 2.44. The number of benzene rings is 1. The minimum absolute atomic E-state index is 0.139. The monoisotopic (exact) mass is 303 g/mol. The van der Waals surface area contributed by atoms with Crippen LogP contribution in [0.2, 0.25) is 0 Å². The first-order valence-corrected chi connectivity index (χ1v) is 7.90. The van der Waals surface area contributed by atoms with Gasteiger partial charge >= 0.3 is 5.97 Å². The molecule has 1 fully saturated rings. The molecule has 1 unspecified atom stereocenters. The van der Waals surface area contributed by atoms with E-state index in [0.717, 1.165) is 12.0 Å². The van der Waals surface area contributed by atoms with Crippen molar-refractivity contribution in [1.82, 2.24) is 4.90 Å². The molecule has 0 saturated carbocycles. The van der Waals surface area contributed by atoms with Crippen LogP contribution in [-0.4, -0.2) is 28.4 Å². The minimum atomic E-state index is -0.452. The van der Waals surface area contributed by atoms with Crippen molar-refractivity contribution in [2.45, 2.75) is 64.6 Å². The summed E-state index contributed by atoms with van der Waals surface area (Å²) in [5.41, 5.74) is 0.673. The van der Waals surface area contributed by atoms with Crippen LogP contribution in [0.25, 0.3) is 0 Å². The fourth-order valence-electron chi connectivity index (χ4n) is 2.77. The maximum Gasteiger partial charge on any atom is 0.306 e. The van der Waals surface area contributed by atoms with Crippen LogP contribution in [0.4, 0.5) is 0 Å². The van der Waals surface area contributed by atoms with Crippen LogP contribution < -0.4 is 0 Å². The normalized spacial score (nSPS) is 18.6. The van der Waals surface area contributed by atoms with Crippen molar-refractivity contribution in [2.24, 2.45) is 0 Å². The number of hydrogen-bond acceptors (Lipinski definition) is 3. The Morgan fingerprint density at radius 3 is 2.59 bits per heavy atom. The van der Waals surface area contributed by atoms with Crippen molar-refractivity contribution in [2.75, 3.05) is 0 Å². The molecular weight excluding hydrogens is 278 g/mol. The molecule has 4 nitrogen and oxygen atoms in total. The first-order chi connectivity index (χ1) is 10.3. The van der Waals surface area contributed by atoms with Gasteiger partial charge < -0.3 is 9.64 Å². The summed E-state index contributed by atoms with van der Waals surface area (Å²) in [6.45, 7) is 6.22. The molecule has 1 aliphatic heterocycles. The van der Waals surface area contributed by atoms with Crippen molar-refractivity contribution < 1.29 is 14.3 Å². The van der Waals surface area contributed by atoms with E-state index in [-0.39, 0.29) is 17.9 Å². The third-order valence-corrected chi connectivity index (χ3v) is 3.75. The topological polar surface area (TPSA) is 46.6 Å². The average Bonchev–Trinajstić information content (AvgIpc) is 2.77. The molecule has 4 heteroatoms. The zero-order valence-electron chi connectivity index (χ0n) is 13.7. The summed E-state index contributed by atoms with van der Waals surface area (Å²) in [7, 11) is 0. The van der Waals surface area contributed by atoms with E-state index >= 15 is 0 Å². The lowest BCUT2D eigenvalue weighted by atomic mass is 10.1. The van der Waals surface area contributed by atoms with Gasteiger partial charge in [0.25, 0.3) is 0 Å². The molecule has 1 aromatic rings. The van der Waals surface area contributed by atoms with Crippen molar-refractivity contribution in [3.8, 4) is 0 Å². The van der Waals surface area contributed by atoms with E-state index in [0.29, 0.717) is 25.8 Å². The summed E-state index contributed by atoms with van der Waals surface area (Å²) in [5.74, 6) is -0.00967. The highest BCUT2D eigenvalue weighted by atomic mass is 16.6. The van der Waals surface area contributed by atoms with Gasteiger partial charge in [0, 0.05) is 25.4 Å². The second-order valence-electron chi connectivity index (χ2n) is 6.82. The van der Waals surface area contributed by atoms with Gasteiger partial charge in [0.05, 0.1) is 0 Å². The van der Waals surface area contributed by atoms with Gasteiger partial charge in [-0.05, 0) is 39.2 Å². The third-order valence-electron chi connectivity index (χ3n) is 3.75. The van der Waals surface area contributed by atoms with Crippen molar-refractivity contribution in [1.29, 1.82) is 0 Å². The van der Waals surface area contributed by atoms with E-state index in [9.17, 15) is 9.59 Å². The average molecular weight is 303 g/mol. The Morgan fingerprint density at radius 1 is 1.27 bits per heavy atom. The minimum Gasteiger partial charge on any atom is -0.460 e. The summed E-state index contributed by atoms with van der Waals surface area (Å²) < 4.78 is 5.34. The molecule has 0 radical (unpaired) electrons. The van der Waals surface area contributed by atoms with E-state index in [1.54, 1.807) is 0 Å². The van der Waals surface area contributed by atoms with Gasteiger partial charge in [-0.15, -0.1) is 0 Å². The van der Waals surface area contributed by atoms with Gasteiger partial charge in [-0.3, -0.25) is 9.59 Å². The van der Waals surface area contributed by atoms with E-state index in [2.05, 4.69) is 0 Å². The number of hydrogen-bond donors (Lipinski definition) is 0. The highest BCUT2D eigenvalue weighted by Gasteiger charge is 2.31. The van der Waals surface area contributed by atoms with Gasteiger partial charge in [0.2, 0.25) is 5.91 Å². The first kappa shape index (κ1) is 16.5. The number of nitrogens with zero attached hydrogens (tertiary/aromatic N) is 1. The number of ether oxygens (including phenoxy) is 1. The van der Waals surface area contributed by atoms with Crippen LogP contribution in [0.15, 0.2) is 30.3 Å². The molecule has 0 N–H and O–H groups in total. The van der Waals surface area contributed by atoms with Crippen LogP contribution in [-0.2, 0) is 20.9 Å². The lowest BCUT2D eigenvalue weighted by molar-refractivity contribution is -0.155. The molecule has 1 aromatic carbocycles. The van der Waals surface area contributed by atoms with Gasteiger partial charge in [0.1, 0.15) is 5.60 Å². The highest BCUT2D eigenvalue weighted by molar-refractivity contribution is 5.79. The molecule has 0 aliphatic carbocycles. The number of carbonyl (C=O) groups excluding carboxylic acids is 2. The molecule has 120 valence electrons. The Bertz CT molecular complexity index is 519. The zero-order valence-corrected chi connectivity index (χ0v) is 13.7. The quantitative estimate of drug-likeness (QED) is 0.784. The molecule has 0 bridgehead atoms. The number of rotatable bonds is 5. The molecule has 1 aliphatic rings. The van der Waals surface area contributed by atoms with E-state index in [1.807, 2.05) is 56.0 Å². The maximum atomic E-state index is 12.1. The van der Waals surface area contributed by atoms with Gasteiger partial charge in [0.15, 0.2) is 0 Å². The molecular formula is C18H25NO3. The fraction of sp³-hybridized carbons (Fsp3) is 0.556. The predicted octanol–water partition coefficient (Wildman–Crippen LogP) is 3.30. The molecule has 1 saturated heterocycles. The smallest absolute Gasteiger partial charge is 0.306 e. The molecule has 1 atom stereocenters. The SMILES string of the molecule is CC(C)(C)OC(=O)CCC1CCC(=O)N1Cc1ccccc1. The molecule has 2 rings (SSSR count). The van der Waals surface area contributed by atoms with Crippen molar-refractivity contribution in [3.05, 3.63) is 35.9 Å². The van der Waals surface area contributed by atoms with Crippen molar-refractivity contribution >= 4 is 11.9 Å². The van der Waals surface area contributed by atoms with E-state index < -0.39 is 5.60 Å². The van der Waals surface area contributed by atoms with Crippen LogP contribution in [0.3, 0.4) is 0 Å². The second kappa shape index (κ2) is 6.95. The highest BCUT2D eigenvalue weighted by Crippen LogP contribution is 2.25. The second-order valence-corrected chi connectivity index (χ2v) is 6.82. The zero-order chi connectivity index (χ0) is 16.2. The fourth-order valence-corrected chi connectivity index (χ4v) is 2.77. The number of likely N-dealkylation sites (tertiary alicyclic amines) is 1. The molecule has 0 spiro atoms. The molecule has 0 aromatic heterocycles. The Balaban J connectivity index is 1.89. The lowest BCUT2D eigenvalue weighted by Crippen LogP contribution is -2.33. The largest absolute Gasteiger partial charge is 0.460 e. The first-order valence-electron chi connectivity index (χ1n) is 7.90. The van der Waals surface area contributed by atoms with Gasteiger partial charge in [-0.2, -0.15) is 0 Å². The third kappa shape index (κ3) is 4.86. The standard InChI is InChI=1S/C18H25NO3/c1-18(2,3)22-17(21)12-10-15-9-11-16(20)19(15)13-14-7-5-4-6-8-14/h4-8,15H,9-13H2,1-3H3. The Labute approximate surface area is 132 Å². The Kier molecular flexibility index (Phi) is 5.22. The van der Waals surface area contributed by atoms with Gasteiger partial charge in [-0.1, -0.05) is 30.3 Å². The Hall–Kier alpha value is -1.84.